The summed E-state index contributed by atoms with van der Waals surface area (Å²) in [6.07, 6.45) is 3.69. The lowest BCUT2D eigenvalue weighted by atomic mass is 10.1. The second-order valence-electron chi connectivity index (χ2n) is 4.46. The fourth-order valence-electron chi connectivity index (χ4n) is 1.87. The van der Waals surface area contributed by atoms with E-state index in [0.29, 0.717) is 0 Å². The predicted octanol–water partition coefficient (Wildman–Crippen LogP) is 3.89. The number of halogens is 1. The highest BCUT2D eigenvalue weighted by atomic mass is 35.5. The van der Waals surface area contributed by atoms with Crippen LogP contribution in [0.2, 0.25) is 5.02 Å². The number of benzene rings is 1. The van der Waals surface area contributed by atoms with Crippen molar-refractivity contribution >= 4 is 11.6 Å². The maximum absolute atomic E-state index is 5.95. The van der Waals surface area contributed by atoms with E-state index >= 15 is 0 Å². The Morgan fingerprint density at radius 3 is 2.83 bits per heavy atom. The van der Waals surface area contributed by atoms with Crippen LogP contribution in [0.15, 0.2) is 42.7 Å². The van der Waals surface area contributed by atoms with Crippen molar-refractivity contribution < 1.29 is 0 Å². The van der Waals surface area contributed by atoms with E-state index in [-0.39, 0.29) is 6.04 Å². The second-order valence-corrected chi connectivity index (χ2v) is 4.90. The van der Waals surface area contributed by atoms with Gasteiger partial charge in [0.2, 0.25) is 0 Å². The quantitative estimate of drug-likeness (QED) is 0.902. The molecule has 2 aromatic rings. The van der Waals surface area contributed by atoms with Crippen LogP contribution in [-0.2, 0) is 6.54 Å². The Bertz CT molecular complexity index is 511. The molecule has 3 heteroatoms. The molecule has 0 bridgehead atoms. The minimum Gasteiger partial charge on any atom is -0.306 e. The van der Waals surface area contributed by atoms with Gasteiger partial charge in [-0.1, -0.05) is 23.7 Å². The molecule has 0 amide bonds. The van der Waals surface area contributed by atoms with Gasteiger partial charge in [0.25, 0.3) is 0 Å². The molecule has 1 aromatic carbocycles. The Kier molecular flexibility index (Phi) is 4.34. The fourth-order valence-corrected chi connectivity index (χ4v) is 2.10. The number of pyridine rings is 1. The first kappa shape index (κ1) is 13.1. The lowest BCUT2D eigenvalue weighted by Gasteiger charge is -2.15. The normalized spacial score (nSPS) is 12.4. The highest BCUT2D eigenvalue weighted by Crippen LogP contribution is 2.16. The summed E-state index contributed by atoms with van der Waals surface area (Å²) in [5.41, 5.74) is 3.69. The zero-order chi connectivity index (χ0) is 13.0. The van der Waals surface area contributed by atoms with Crippen LogP contribution in [-0.4, -0.2) is 4.98 Å². The first-order valence-corrected chi connectivity index (χ1v) is 6.43. The molecule has 1 heterocycles. The minimum absolute atomic E-state index is 0.286. The van der Waals surface area contributed by atoms with Gasteiger partial charge in [-0.25, -0.2) is 0 Å². The van der Waals surface area contributed by atoms with Gasteiger partial charge >= 0.3 is 0 Å². The maximum Gasteiger partial charge on any atom is 0.0408 e. The van der Waals surface area contributed by atoms with Crippen molar-refractivity contribution in [1.82, 2.24) is 10.3 Å². The van der Waals surface area contributed by atoms with Crippen molar-refractivity contribution in [2.24, 2.45) is 0 Å². The van der Waals surface area contributed by atoms with Gasteiger partial charge in [-0.05, 0) is 48.7 Å². The molecule has 18 heavy (non-hydrogen) atoms. The van der Waals surface area contributed by atoms with Crippen LogP contribution in [0.1, 0.15) is 29.7 Å². The van der Waals surface area contributed by atoms with Crippen molar-refractivity contribution in [3.05, 3.63) is 64.4 Å². The van der Waals surface area contributed by atoms with E-state index in [2.05, 4.69) is 36.3 Å². The van der Waals surface area contributed by atoms with Crippen LogP contribution in [0.4, 0.5) is 0 Å². The highest BCUT2D eigenvalue weighted by molar-refractivity contribution is 6.30. The Balaban J connectivity index is 1.99. The SMILES string of the molecule is Cc1cc(Cl)ccc1CN[C@H](C)c1cccnc1. The van der Waals surface area contributed by atoms with Crippen molar-refractivity contribution in [1.29, 1.82) is 0 Å². The third-order valence-electron chi connectivity index (χ3n) is 3.09. The molecule has 0 unspecified atom stereocenters. The van der Waals surface area contributed by atoms with E-state index in [9.17, 15) is 0 Å². The average molecular weight is 261 g/mol. The molecule has 0 fully saturated rings. The molecule has 0 aliphatic rings. The number of nitrogens with zero attached hydrogens (tertiary/aromatic N) is 1. The Morgan fingerprint density at radius 2 is 2.17 bits per heavy atom. The van der Waals surface area contributed by atoms with Crippen LogP contribution in [0.3, 0.4) is 0 Å². The molecule has 1 atom stereocenters. The first-order chi connectivity index (χ1) is 8.66. The molecule has 1 aromatic heterocycles. The minimum atomic E-state index is 0.286. The lowest BCUT2D eigenvalue weighted by Crippen LogP contribution is -2.18. The van der Waals surface area contributed by atoms with E-state index in [1.807, 2.05) is 24.4 Å². The number of aromatic nitrogens is 1. The van der Waals surface area contributed by atoms with Crippen LogP contribution in [0.25, 0.3) is 0 Å². The summed E-state index contributed by atoms with van der Waals surface area (Å²) in [5, 5.41) is 4.28. The number of hydrogen-bond acceptors (Lipinski definition) is 2. The van der Waals surface area contributed by atoms with Crippen LogP contribution in [0.5, 0.6) is 0 Å². The van der Waals surface area contributed by atoms with E-state index < -0.39 is 0 Å². The van der Waals surface area contributed by atoms with Crippen LogP contribution >= 0.6 is 11.6 Å². The van der Waals surface area contributed by atoms with Gasteiger partial charge in [0.1, 0.15) is 0 Å². The van der Waals surface area contributed by atoms with Gasteiger partial charge in [0.15, 0.2) is 0 Å². The second kappa shape index (κ2) is 5.98. The number of hydrogen-bond donors (Lipinski definition) is 1. The van der Waals surface area contributed by atoms with Gasteiger partial charge in [0.05, 0.1) is 0 Å². The van der Waals surface area contributed by atoms with Crippen molar-refractivity contribution in [3.8, 4) is 0 Å². The van der Waals surface area contributed by atoms with Gasteiger partial charge < -0.3 is 5.32 Å². The predicted molar refractivity (Wildman–Crippen MR) is 75.7 cm³/mol. The van der Waals surface area contributed by atoms with Gasteiger partial charge in [0, 0.05) is 30.0 Å². The summed E-state index contributed by atoms with van der Waals surface area (Å²) in [6.45, 7) is 5.05. The van der Waals surface area contributed by atoms with E-state index in [4.69, 9.17) is 11.6 Å². The fraction of sp³-hybridized carbons (Fsp3) is 0.267. The van der Waals surface area contributed by atoms with Crippen molar-refractivity contribution in [2.75, 3.05) is 0 Å². The summed E-state index contributed by atoms with van der Waals surface area (Å²) in [6, 6.07) is 10.3. The molecule has 0 aliphatic carbocycles. The molecule has 0 saturated heterocycles. The van der Waals surface area contributed by atoms with E-state index in [1.165, 1.54) is 16.7 Å². The van der Waals surface area contributed by atoms with Gasteiger partial charge in [-0.3, -0.25) is 4.98 Å². The van der Waals surface area contributed by atoms with E-state index in [0.717, 1.165) is 11.6 Å². The first-order valence-electron chi connectivity index (χ1n) is 6.05. The van der Waals surface area contributed by atoms with Crippen molar-refractivity contribution in [2.45, 2.75) is 26.4 Å². The highest BCUT2D eigenvalue weighted by Gasteiger charge is 2.05. The molecule has 2 rings (SSSR count). The average Bonchev–Trinajstić information content (AvgIpc) is 2.38. The summed E-state index contributed by atoms with van der Waals surface area (Å²) >= 11 is 5.95. The van der Waals surface area contributed by atoms with Gasteiger partial charge in [-0.15, -0.1) is 0 Å². The van der Waals surface area contributed by atoms with E-state index in [1.54, 1.807) is 6.20 Å². The van der Waals surface area contributed by atoms with Crippen molar-refractivity contribution in [3.63, 3.8) is 0 Å². The topological polar surface area (TPSA) is 24.9 Å². The summed E-state index contributed by atoms with van der Waals surface area (Å²) in [4.78, 5) is 4.13. The standard InChI is InChI=1S/C15H17ClN2/c1-11-8-15(16)6-5-13(11)10-18-12(2)14-4-3-7-17-9-14/h3-9,12,18H,10H2,1-2H3/t12-/m1/s1. The number of rotatable bonds is 4. The number of nitrogens with one attached hydrogen (secondary N) is 1. The molecule has 0 saturated carbocycles. The Morgan fingerprint density at radius 1 is 1.33 bits per heavy atom. The maximum atomic E-state index is 5.95. The monoisotopic (exact) mass is 260 g/mol. The molecule has 2 nitrogen and oxygen atoms in total. The summed E-state index contributed by atoms with van der Waals surface area (Å²) < 4.78 is 0. The smallest absolute Gasteiger partial charge is 0.0408 e. The molecule has 0 radical (unpaired) electrons. The molecular weight excluding hydrogens is 244 g/mol. The zero-order valence-electron chi connectivity index (χ0n) is 10.7. The van der Waals surface area contributed by atoms with Crippen LogP contribution in [0, 0.1) is 6.92 Å². The molecule has 94 valence electrons. The molecule has 0 aliphatic heterocycles. The molecule has 1 N–H and O–H groups in total. The lowest BCUT2D eigenvalue weighted by molar-refractivity contribution is 0.572. The molecule has 0 spiro atoms. The number of aryl methyl sites for hydroxylation is 1. The third kappa shape index (κ3) is 3.31. The Hall–Kier alpha value is -1.38. The van der Waals surface area contributed by atoms with Gasteiger partial charge in [-0.2, -0.15) is 0 Å². The summed E-state index contributed by atoms with van der Waals surface area (Å²) in [7, 11) is 0. The Labute approximate surface area is 113 Å². The third-order valence-corrected chi connectivity index (χ3v) is 3.32. The molecular formula is C15H17ClN2. The largest absolute Gasteiger partial charge is 0.306 e. The summed E-state index contributed by atoms with van der Waals surface area (Å²) in [5.74, 6) is 0. The van der Waals surface area contributed by atoms with Crippen LogP contribution < -0.4 is 5.32 Å². The zero-order valence-corrected chi connectivity index (χ0v) is 11.4.